The van der Waals surface area contributed by atoms with E-state index in [2.05, 4.69) is 5.32 Å². The maximum Gasteiger partial charge on any atom is 0.228 e. The van der Waals surface area contributed by atoms with Gasteiger partial charge in [0, 0.05) is 0 Å². The van der Waals surface area contributed by atoms with Crippen LogP contribution in [0.15, 0.2) is 41.3 Å². The first-order chi connectivity index (χ1) is 12.4. The molecule has 1 aliphatic heterocycles. The van der Waals surface area contributed by atoms with Gasteiger partial charge in [0.2, 0.25) is 5.91 Å². The van der Waals surface area contributed by atoms with Crippen molar-refractivity contribution in [3.8, 4) is 17.2 Å². The van der Waals surface area contributed by atoms with Crippen molar-refractivity contribution in [3.63, 3.8) is 0 Å². The van der Waals surface area contributed by atoms with Crippen molar-refractivity contribution < 1.29 is 27.8 Å². The third-order valence-electron chi connectivity index (χ3n) is 3.95. The largest absolute Gasteiger partial charge is 0.506 e. The number of amides is 1. The van der Waals surface area contributed by atoms with Gasteiger partial charge in [0.15, 0.2) is 21.3 Å². The van der Waals surface area contributed by atoms with Crippen LogP contribution in [0.3, 0.4) is 0 Å². The highest BCUT2D eigenvalue weighted by molar-refractivity contribution is 7.91. The van der Waals surface area contributed by atoms with Gasteiger partial charge in [0.05, 0.1) is 22.8 Å². The molecule has 8 heteroatoms. The smallest absolute Gasteiger partial charge is 0.228 e. The zero-order valence-corrected chi connectivity index (χ0v) is 15.0. The van der Waals surface area contributed by atoms with Gasteiger partial charge < -0.3 is 19.9 Å². The van der Waals surface area contributed by atoms with E-state index in [1.165, 1.54) is 25.1 Å². The van der Waals surface area contributed by atoms with Crippen molar-refractivity contribution in [2.75, 3.05) is 24.3 Å². The number of phenols is 1. The summed E-state index contributed by atoms with van der Waals surface area (Å²) in [5.41, 5.74) is 0.769. The molecule has 1 amide bonds. The van der Waals surface area contributed by atoms with Crippen molar-refractivity contribution >= 4 is 21.4 Å². The average molecular weight is 377 g/mol. The van der Waals surface area contributed by atoms with Crippen LogP contribution in [0.1, 0.15) is 12.5 Å². The molecule has 3 rings (SSSR count). The Kier molecular flexibility index (Phi) is 5.03. The summed E-state index contributed by atoms with van der Waals surface area (Å²) in [6.07, 6.45) is 0.0425. The van der Waals surface area contributed by atoms with Crippen LogP contribution >= 0.6 is 0 Å². The van der Waals surface area contributed by atoms with Crippen LogP contribution in [0, 0.1) is 0 Å². The van der Waals surface area contributed by atoms with Crippen LogP contribution in [-0.2, 0) is 21.1 Å². The fourth-order valence-electron chi connectivity index (χ4n) is 2.55. The number of hydrogen-bond donors (Lipinski definition) is 2. The van der Waals surface area contributed by atoms with E-state index < -0.39 is 9.84 Å². The van der Waals surface area contributed by atoms with Gasteiger partial charge in [-0.1, -0.05) is 13.0 Å². The summed E-state index contributed by atoms with van der Waals surface area (Å²) in [6, 6.07) is 9.04. The second kappa shape index (κ2) is 7.25. The van der Waals surface area contributed by atoms with E-state index in [0.717, 1.165) is 0 Å². The molecule has 1 aliphatic rings. The minimum Gasteiger partial charge on any atom is -0.506 e. The Hall–Kier alpha value is -2.74. The Morgan fingerprint density at radius 1 is 1.12 bits per heavy atom. The molecule has 0 spiro atoms. The number of sulfone groups is 1. The Balaban J connectivity index is 1.75. The van der Waals surface area contributed by atoms with E-state index in [1.54, 1.807) is 18.2 Å². The van der Waals surface area contributed by atoms with Crippen LogP contribution in [-0.4, -0.2) is 38.4 Å². The van der Waals surface area contributed by atoms with Gasteiger partial charge >= 0.3 is 0 Å². The standard InChI is InChI=1S/C18H19NO6S/c1-2-26(22,23)13-4-5-15(20)14(11-13)19-18(21)10-12-3-6-16-17(9-12)25-8-7-24-16/h3-6,9,11,20H,2,7-8,10H2,1H3,(H,19,21). The Bertz CT molecular complexity index is 939. The Labute approximate surface area is 151 Å². The summed E-state index contributed by atoms with van der Waals surface area (Å²) in [6.45, 7) is 2.47. The first-order valence-corrected chi connectivity index (χ1v) is 9.78. The molecule has 0 atom stereocenters. The molecule has 0 saturated heterocycles. The van der Waals surface area contributed by atoms with E-state index in [0.29, 0.717) is 30.3 Å². The zero-order chi connectivity index (χ0) is 18.7. The summed E-state index contributed by atoms with van der Waals surface area (Å²) in [4.78, 5) is 12.3. The lowest BCUT2D eigenvalue weighted by Crippen LogP contribution is -2.17. The molecule has 0 bridgehead atoms. The monoisotopic (exact) mass is 377 g/mol. The number of benzene rings is 2. The van der Waals surface area contributed by atoms with E-state index in [-0.39, 0.29) is 34.4 Å². The van der Waals surface area contributed by atoms with E-state index in [4.69, 9.17) is 9.47 Å². The van der Waals surface area contributed by atoms with Crippen LogP contribution in [0.4, 0.5) is 5.69 Å². The normalized spacial score (nSPS) is 13.3. The van der Waals surface area contributed by atoms with Crippen LogP contribution in [0.25, 0.3) is 0 Å². The summed E-state index contributed by atoms with van der Waals surface area (Å²) in [5.74, 6) is 0.567. The lowest BCUT2D eigenvalue weighted by molar-refractivity contribution is -0.115. The van der Waals surface area contributed by atoms with Crippen LogP contribution < -0.4 is 14.8 Å². The first-order valence-electron chi connectivity index (χ1n) is 8.13. The lowest BCUT2D eigenvalue weighted by Gasteiger charge is -2.18. The third kappa shape index (κ3) is 3.91. The number of nitrogens with one attached hydrogen (secondary N) is 1. The maximum atomic E-state index is 12.3. The second-order valence-electron chi connectivity index (χ2n) is 5.79. The van der Waals surface area contributed by atoms with Crippen molar-refractivity contribution in [1.82, 2.24) is 0 Å². The number of ether oxygens (including phenoxy) is 2. The van der Waals surface area contributed by atoms with Gasteiger partial charge in [-0.3, -0.25) is 4.79 Å². The fourth-order valence-corrected chi connectivity index (χ4v) is 3.46. The molecule has 26 heavy (non-hydrogen) atoms. The van der Waals surface area contributed by atoms with Gasteiger partial charge in [0.25, 0.3) is 0 Å². The molecule has 0 unspecified atom stereocenters. The minimum atomic E-state index is -3.44. The van der Waals surface area contributed by atoms with Gasteiger partial charge in [-0.05, 0) is 35.9 Å². The zero-order valence-electron chi connectivity index (χ0n) is 14.2. The highest BCUT2D eigenvalue weighted by Crippen LogP contribution is 2.31. The average Bonchev–Trinajstić information content (AvgIpc) is 2.63. The van der Waals surface area contributed by atoms with E-state index in [1.807, 2.05) is 0 Å². The molecule has 138 valence electrons. The molecule has 0 fully saturated rings. The van der Waals surface area contributed by atoms with Crippen molar-refractivity contribution in [2.24, 2.45) is 0 Å². The molecular weight excluding hydrogens is 358 g/mol. The predicted molar refractivity (Wildman–Crippen MR) is 95.6 cm³/mol. The minimum absolute atomic E-state index is 0.0425. The number of carbonyl (C=O) groups excluding carboxylic acids is 1. The van der Waals surface area contributed by atoms with Gasteiger partial charge in [-0.2, -0.15) is 0 Å². The molecule has 0 saturated carbocycles. The Morgan fingerprint density at radius 2 is 1.85 bits per heavy atom. The highest BCUT2D eigenvalue weighted by atomic mass is 32.2. The summed E-state index contributed by atoms with van der Waals surface area (Å²) < 4.78 is 34.8. The summed E-state index contributed by atoms with van der Waals surface area (Å²) in [5, 5.41) is 12.5. The molecule has 7 nitrogen and oxygen atoms in total. The van der Waals surface area contributed by atoms with Crippen LogP contribution in [0.2, 0.25) is 0 Å². The van der Waals surface area contributed by atoms with E-state index >= 15 is 0 Å². The molecular formula is C18H19NO6S. The van der Waals surface area contributed by atoms with Gasteiger partial charge in [-0.25, -0.2) is 8.42 Å². The topological polar surface area (TPSA) is 102 Å². The second-order valence-corrected chi connectivity index (χ2v) is 8.06. The van der Waals surface area contributed by atoms with Crippen molar-refractivity contribution in [2.45, 2.75) is 18.2 Å². The maximum absolute atomic E-state index is 12.3. The molecule has 2 aromatic carbocycles. The SMILES string of the molecule is CCS(=O)(=O)c1ccc(O)c(NC(=O)Cc2ccc3c(c2)OCCO3)c1. The number of carbonyl (C=O) groups is 1. The van der Waals surface area contributed by atoms with Crippen molar-refractivity contribution in [3.05, 3.63) is 42.0 Å². The predicted octanol–water partition coefficient (Wildman–Crippen LogP) is 2.14. The summed E-state index contributed by atoms with van der Waals surface area (Å²) >= 11 is 0. The number of aromatic hydroxyl groups is 1. The molecule has 0 radical (unpaired) electrons. The number of rotatable bonds is 5. The third-order valence-corrected chi connectivity index (χ3v) is 5.68. The Morgan fingerprint density at radius 3 is 2.58 bits per heavy atom. The quantitative estimate of drug-likeness (QED) is 0.774. The number of phenolic OH excluding ortho intramolecular Hbond substituents is 1. The highest BCUT2D eigenvalue weighted by Gasteiger charge is 2.17. The van der Waals surface area contributed by atoms with Crippen molar-refractivity contribution in [1.29, 1.82) is 0 Å². The number of fused-ring (bicyclic) bond motifs is 1. The molecule has 1 heterocycles. The number of anilines is 1. The lowest BCUT2D eigenvalue weighted by atomic mass is 10.1. The van der Waals surface area contributed by atoms with Crippen LogP contribution in [0.5, 0.6) is 17.2 Å². The summed E-state index contributed by atoms with van der Waals surface area (Å²) in [7, 11) is -3.44. The fraction of sp³-hybridized carbons (Fsp3) is 0.278. The first kappa shape index (κ1) is 18.1. The molecule has 0 aromatic heterocycles. The molecule has 2 N–H and O–H groups in total. The van der Waals surface area contributed by atoms with Gasteiger partial charge in [0.1, 0.15) is 19.0 Å². The molecule has 0 aliphatic carbocycles. The molecule has 2 aromatic rings. The van der Waals surface area contributed by atoms with Gasteiger partial charge in [-0.15, -0.1) is 0 Å². The number of hydrogen-bond acceptors (Lipinski definition) is 6. The van der Waals surface area contributed by atoms with E-state index in [9.17, 15) is 18.3 Å².